The van der Waals surface area contributed by atoms with Crippen LogP contribution in [0.3, 0.4) is 0 Å². The molecule has 2 fully saturated rings. The standard InChI is InChI=1S/C15H28N2O2/c1-11-8-9-17(10-14(11)18)15(19)7-4-12-2-5-13(16)6-3-12/h11-14,18H,2-10,16H2,1H3. The molecule has 1 aliphatic carbocycles. The Hall–Kier alpha value is -0.610. The van der Waals surface area contributed by atoms with Crippen LogP contribution < -0.4 is 5.73 Å². The highest BCUT2D eigenvalue weighted by atomic mass is 16.3. The number of rotatable bonds is 3. The minimum absolute atomic E-state index is 0.223. The Balaban J connectivity index is 1.69. The Bertz CT molecular complexity index is 301. The number of piperidine rings is 1. The third kappa shape index (κ3) is 4.18. The third-order valence-corrected chi connectivity index (χ3v) is 4.93. The Morgan fingerprint density at radius 2 is 1.95 bits per heavy atom. The SMILES string of the molecule is CC1CCN(C(=O)CCC2CCC(N)CC2)CC1O. The number of likely N-dealkylation sites (tertiary alicyclic amines) is 1. The highest BCUT2D eigenvalue weighted by Gasteiger charge is 2.27. The molecule has 4 nitrogen and oxygen atoms in total. The first-order chi connectivity index (χ1) is 9.06. The van der Waals surface area contributed by atoms with Crippen molar-refractivity contribution in [2.45, 2.75) is 64.0 Å². The zero-order valence-electron chi connectivity index (χ0n) is 12.1. The molecule has 1 saturated heterocycles. The topological polar surface area (TPSA) is 66.6 Å². The minimum atomic E-state index is -0.342. The molecule has 0 spiro atoms. The summed E-state index contributed by atoms with van der Waals surface area (Å²) in [6.07, 6.45) is 6.78. The summed E-state index contributed by atoms with van der Waals surface area (Å²) in [7, 11) is 0. The van der Waals surface area contributed by atoms with E-state index in [1.54, 1.807) is 0 Å². The van der Waals surface area contributed by atoms with Crippen molar-refractivity contribution in [3.63, 3.8) is 0 Å². The lowest BCUT2D eigenvalue weighted by Crippen LogP contribution is -2.45. The van der Waals surface area contributed by atoms with E-state index in [1.165, 1.54) is 12.8 Å². The van der Waals surface area contributed by atoms with Gasteiger partial charge in [-0.25, -0.2) is 0 Å². The number of aliphatic hydroxyl groups excluding tert-OH is 1. The summed E-state index contributed by atoms with van der Waals surface area (Å²) in [5.74, 6) is 1.22. The van der Waals surface area contributed by atoms with Gasteiger partial charge in [0.2, 0.25) is 5.91 Å². The predicted octanol–water partition coefficient (Wildman–Crippen LogP) is 1.51. The van der Waals surface area contributed by atoms with Gasteiger partial charge in [-0.3, -0.25) is 4.79 Å². The van der Waals surface area contributed by atoms with Gasteiger partial charge in [0, 0.05) is 25.6 Å². The molecule has 4 heteroatoms. The number of hydrogen-bond acceptors (Lipinski definition) is 3. The van der Waals surface area contributed by atoms with Crippen LogP contribution in [0.25, 0.3) is 0 Å². The maximum absolute atomic E-state index is 12.1. The van der Waals surface area contributed by atoms with E-state index in [0.29, 0.717) is 30.8 Å². The molecule has 1 heterocycles. The van der Waals surface area contributed by atoms with Crippen LogP contribution >= 0.6 is 0 Å². The minimum Gasteiger partial charge on any atom is -0.391 e. The van der Waals surface area contributed by atoms with E-state index >= 15 is 0 Å². The van der Waals surface area contributed by atoms with Crippen LogP contribution in [0.4, 0.5) is 0 Å². The molecule has 0 aromatic carbocycles. The first-order valence-electron chi connectivity index (χ1n) is 7.77. The number of aliphatic hydroxyl groups is 1. The van der Waals surface area contributed by atoms with Crippen molar-refractivity contribution in [3.05, 3.63) is 0 Å². The fourth-order valence-corrected chi connectivity index (χ4v) is 3.24. The second-order valence-electron chi connectivity index (χ2n) is 6.49. The summed E-state index contributed by atoms with van der Waals surface area (Å²) < 4.78 is 0. The van der Waals surface area contributed by atoms with Crippen LogP contribution in [0.15, 0.2) is 0 Å². The van der Waals surface area contributed by atoms with Crippen molar-refractivity contribution >= 4 is 5.91 Å². The van der Waals surface area contributed by atoms with Gasteiger partial charge < -0.3 is 15.7 Å². The lowest BCUT2D eigenvalue weighted by atomic mass is 9.83. The zero-order valence-corrected chi connectivity index (χ0v) is 12.1. The normalized spacial score (nSPS) is 36.3. The van der Waals surface area contributed by atoms with Crippen LogP contribution in [0.1, 0.15) is 51.9 Å². The van der Waals surface area contributed by atoms with E-state index in [1.807, 2.05) is 4.90 Å². The van der Waals surface area contributed by atoms with Gasteiger partial charge in [0.15, 0.2) is 0 Å². The molecule has 0 aromatic rings. The summed E-state index contributed by atoms with van der Waals surface area (Å²) in [4.78, 5) is 14.0. The second kappa shape index (κ2) is 6.71. The molecule has 2 aliphatic rings. The lowest BCUT2D eigenvalue weighted by Gasteiger charge is -2.34. The highest BCUT2D eigenvalue weighted by Crippen LogP contribution is 2.27. The van der Waals surface area contributed by atoms with Gasteiger partial charge in [-0.05, 0) is 50.4 Å². The molecule has 0 radical (unpaired) electrons. The van der Waals surface area contributed by atoms with Crippen molar-refractivity contribution in [1.29, 1.82) is 0 Å². The first kappa shape index (κ1) is 14.8. The second-order valence-corrected chi connectivity index (χ2v) is 6.49. The van der Waals surface area contributed by atoms with E-state index < -0.39 is 0 Å². The van der Waals surface area contributed by atoms with E-state index in [2.05, 4.69) is 6.92 Å². The van der Waals surface area contributed by atoms with Crippen molar-refractivity contribution < 1.29 is 9.90 Å². The van der Waals surface area contributed by atoms with Crippen LogP contribution in [-0.2, 0) is 4.79 Å². The molecule has 110 valence electrons. The third-order valence-electron chi connectivity index (χ3n) is 4.93. The summed E-state index contributed by atoms with van der Waals surface area (Å²) in [6.45, 7) is 3.39. The monoisotopic (exact) mass is 268 g/mol. The quantitative estimate of drug-likeness (QED) is 0.815. The van der Waals surface area contributed by atoms with E-state index in [4.69, 9.17) is 5.73 Å². The summed E-state index contributed by atoms with van der Waals surface area (Å²) in [5, 5.41) is 9.84. The molecule has 0 aromatic heterocycles. The fourth-order valence-electron chi connectivity index (χ4n) is 3.24. The maximum Gasteiger partial charge on any atom is 0.222 e. The molecule has 1 aliphatic heterocycles. The molecular formula is C15H28N2O2. The zero-order chi connectivity index (χ0) is 13.8. The number of β-amino-alcohol motifs (C(OH)–C–C–N with tert-alkyl or cyclic N) is 1. The van der Waals surface area contributed by atoms with Gasteiger partial charge in [-0.2, -0.15) is 0 Å². The van der Waals surface area contributed by atoms with Gasteiger partial charge in [0.1, 0.15) is 0 Å². The molecule has 3 N–H and O–H groups in total. The number of hydrogen-bond donors (Lipinski definition) is 2. The molecular weight excluding hydrogens is 240 g/mol. The van der Waals surface area contributed by atoms with E-state index in [9.17, 15) is 9.90 Å². The van der Waals surface area contributed by atoms with Gasteiger partial charge in [-0.1, -0.05) is 6.92 Å². The Labute approximate surface area is 116 Å². The summed E-state index contributed by atoms with van der Waals surface area (Å²) in [6, 6.07) is 0.380. The smallest absolute Gasteiger partial charge is 0.222 e. The van der Waals surface area contributed by atoms with Crippen molar-refractivity contribution in [3.8, 4) is 0 Å². The Kier molecular flexibility index (Phi) is 5.22. The fraction of sp³-hybridized carbons (Fsp3) is 0.933. The number of carbonyl (C=O) groups excluding carboxylic acids is 1. The maximum atomic E-state index is 12.1. The van der Waals surface area contributed by atoms with Gasteiger partial charge in [0.05, 0.1) is 6.10 Å². The Morgan fingerprint density at radius 1 is 1.26 bits per heavy atom. The molecule has 2 rings (SSSR count). The highest BCUT2D eigenvalue weighted by molar-refractivity contribution is 5.76. The lowest BCUT2D eigenvalue weighted by molar-refractivity contribution is -0.135. The molecule has 1 amide bonds. The largest absolute Gasteiger partial charge is 0.391 e. The summed E-state index contributed by atoms with van der Waals surface area (Å²) in [5.41, 5.74) is 5.90. The van der Waals surface area contributed by atoms with E-state index in [0.717, 1.165) is 32.2 Å². The number of carbonyl (C=O) groups is 1. The van der Waals surface area contributed by atoms with Crippen molar-refractivity contribution in [2.75, 3.05) is 13.1 Å². The number of amides is 1. The predicted molar refractivity (Wildman–Crippen MR) is 75.5 cm³/mol. The molecule has 2 atom stereocenters. The molecule has 1 saturated carbocycles. The molecule has 19 heavy (non-hydrogen) atoms. The number of nitrogens with zero attached hydrogens (tertiary/aromatic N) is 1. The first-order valence-corrected chi connectivity index (χ1v) is 7.77. The van der Waals surface area contributed by atoms with Crippen LogP contribution in [-0.4, -0.2) is 41.1 Å². The van der Waals surface area contributed by atoms with Gasteiger partial charge in [-0.15, -0.1) is 0 Å². The number of nitrogens with two attached hydrogens (primary N) is 1. The van der Waals surface area contributed by atoms with Crippen molar-refractivity contribution in [2.24, 2.45) is 17.6 Å². The molecule has 0 bridgehead atoms. The van der Waals surface area contributed by atoms with E-state index in [-0.39, 0.29) is 12.0 Å². The van der Waals surface area contributed by atoms with Crippen LogP contribution in [0.2, 0.25) is 0 Å². The summed E-state index contributed by atoms with van der Waals surface area (Å²) >= 11 is 0. The van der Waals surface area contributed by atoms with Gasteiger partial charge >= 0.3 is 0 Å². The average Bonchev–Trinajstić information content (AvgIpc) is 2.41. The van der Waals surface area contributed by atoms with Gasteiger partial charge in [0.25, 0.3) is 0 Å². The molecule has 2 unspecified atom stereocenters. The van der Waals surface area contributed by atoms with Crippen molar-refractivity contribution in [1.82, 2.24) is 4.90 Å². The Morgan fingerprint density at radius 3 is 2.58 bits per heavy atom. The average molecular weight is 268 g/mol. The van der Waals surface area contributed by atoms with Crippen LogP contribution in [0.5, 0.6) is 0 Å². The van der Waals surface area contributed by atoms with Crippen LogP contribution in [0, 0.1) is 11.8 Å².